The molecule has 3 aromatic rings. The number of carbonyl (C=O) groups excluding carboxylic acids is 2. The maximum absolute atomic E-state index is 12.8. The van der Waals surface area contributed by atoms with Crippen molar-refractivity contribution in [2.24, 2.45) is 0 Å². The van der Waals surface area contributed by atoms with E-state index in [2.05, 4.69) is 15.6 Å². The Hall–Kier alpha value is -3.88. The van der Waals surface area contributed by atoms with E-state index in [1.165, 1.54) is 7.11 Å². The number of hydrogen-bond donors (Lipinski definition) is 2. The third kappa shape index (κ3) is 6.09. The van der Waals surface area contributed by atoms with Gasteiger partial charge in [-0.25, -0.2) is 14.4 Å². The van der Waals surface area contributed by atoms with Crippen molar-refractivity contribution in [1.82, 2.24) is 4.98 Å². The number of amides is 1. The molecule has 3 rings (SSSR count). The van der Waals surface area contributed by atoms with Crippen LogP contribution in [0.2, 0.25) is 0 Å². The second-order valence-electron chi connectivity index (χ2n) is 8.48. The largest absolute Gasteiger partial charge is 0.467 e. The van der Waals surface area contributed by atoms with Crippen LogP contribution in [0.15, 0.2) is 51.7 Å². The normalized spacial score (nSPS) is 12.2. The fourth-order valence-corrected chi connectivity index (χ4v) is 3.26. The predicted octanol–water partition coefficient (Wildman–Crippen LogP) is 4.04. The Labute approximate surface area is 191 Å². The van der Waals surface area contributed by atoms with Crippen LogP contribution in [-0.2, 0) is 20.7 Å². The summed E-state index contributed by atoms with van der Waals surface area (Å²) in [5, 5.41) is 5.71. The molecule has 0 aliphatic carbocycles. The van der Waals surface area contributed by atoms with Crippen LogP contribution in [0.25, 0.3) is 10.9 Å². The second kappa shape index (κ2) is 9.72. The average Bonchev–Trinajstić information content (AvgIpc) is 2.74. The minimum Gasteiger partial charge on any atom is -0.467 e. The molecule has 174 valence electrons. The van der Waals surface area contributed by atoms with Crippen LogP contribution in [0.5, 0.6) is 0 Å². The third-order valence-electron chi connectivity index (χ3n) is 4.76. The highest BCUT2D eigenvalue weighted by Gasteiger charge is 2.23. The van der Waals surface area contributed by atoms with Crippen LogP contribution in [0.4, 0.5) is 16.5 Å². The quantitative estimate of drug-likeness (QED) is 0.537. The molecule has 0 aliphatic rings. The highest BCUT2D eigenvalue weighted by atomic mass is 16.6. The van der Waals surface area contributed by atoms with E-state index in [0.717, 1.165) is 5.56 Å². The van der Waals surface area contributed by atoms with E-state index in [9.17, 15) is 14.4 Å². The summed E-state index contributed by atoms with van der Waals surface area (Å²) in [4.78, 5) is 41.5. The van der Waals surface area contributed by atoms with Gasteiger partial charge in [0.25, 0.3) is 6.01 Å². The van der Waals surface area contributed by atoms with Gasteiger partial charge in [-0.3, -0.25) is 5.32 Å². The summed E-state index contributed by atoms with van der Waals surface area (Å²) < 4.78 is 15.5. The summed E-state index contributed by atoms with van der Waals surface area (Å²) in [6, 6.07) is 11.7. The van der Waals surface area contributed by atoms with Crippen LogP contribution in [0, 0.1) is 6.92 Å². The van der Waals surface area contributed by atoms with Crippen LogP contribution in [0.3, 0.4) is 0 Å². The van der Waals surface area contributed by atoms with Crippen molar-refractivity contribution >= 4 is 34.7 Å². The first-order valence-electron chi connectivity index (χ1n) is 10.4. The fraction of sp³-hybridized carbons (Fsp3) is 0.333. The van der Waals surface area contributed by atoms with Crippen molar-refractivity contribution < 1.29 is 23.5 Å². The Morgan fingerprint density at radius 3 is 2.45 bits per heavy atom. The molecule has 1 heterocycles. The van der Waals surface area contributed by atoms with Crippen molar-refractivity contribution in [3.05, 3.63) is 64.0 Å². The van der Waals surface area contributed by atoms with Gasteiger partial charge in [-0.2, -0.15) is 4.98 Å². The van der Waals surface area contributed by atoms with Gasteiger partial charge in [0, 0.05) is 12.1 Å². The van der Waals surface area contributed by atoms with E-state index in [0.29, 0.717) is 23.2 Å². The van der Waals surface area contributed by atoms with Gasteiger partial charge in [0.05, 0.1) is 18.0 Å². The number of rotatable bonds is 6. The molecule has 1 amide bonds. The topological polar surface area (TPSA) is 120 Å². The maximum atomic E-state index is 12.8. The molecule has 0 radical (unpaired) electrons. The molecule has 33 heavy (non-hydrogen) atoms. The van der Waals surface area contributed by atoms with E-state index >= 15 is 0 Å². The van der Waals surface area contributed by atoms with Gasteiger partial charge < -0.3 is 19.2 Å². The Balaban J connectivity index is 1.88. The zero-order valence-electron chi connectivity index (χ0n) is 19.2. The van der Waals surface area contributed by atoms with Crippen LogP contribution >= 0.6 is 0 Å². The molecule has 1 atom stereocenters. The molecule has 0 saturated heterocycles. The SMILES string of the molecule is COC(=O)[C@H](Cc1ccccc1)Nc1nc2ccc(NC(=O)OC(C)(C)C)c(C)c2c(=O)o1. The van der Waals surface area contributed by atoms with Crippen molar-refractivity contribution in [2.45, 2.75) is 45.8 Å². The number of hydrogen-bond acceptors (Lipinski definition) is 8. The Bertz CT molecular complexity index is 1210. The molecule has 2 aromatic carbocycles. The van der Waals surface area contributed by atoms with Gasteiger partial charge in [-0.1, -0.05) is 30.3 Å². The molecule has 9 heteroatoms. The van der Waals surface area contributed by atoms with E-state index in [1.807, 2.05) is 30.3 Å². The molecule has 0 saturated carbocycles. The van der Waals surface area contributed by atoms with Crippen molar-refractivity contribution in [3.8, 4) is 0 Å². The molecular formula is C24H27N3O6. The number of esters is 1. The highest BCUT2D eigenvalue weighted by Crippen LogP contribution is 2.24. The Morgan fingerprint density at radius 2 is 1.82 bits per heavy atom. The summed E-state index contributed by atoms with van der Waals surface area (Å²) in [7, 11) is 1.29. The minimum atomic E-state index is -0.806. The number of methoxy groups -OCH3 is 1. The molecular weight excluding hydrogens is 426 g/mol. The highest BCUT2D eigenvalue weighted by molar-refractivity contribution is 5.93. The lowest BCUT2D eigenvalue weighted by molar-refractivity contribution is -0.141. The van der Waals surface area contributed by atoms with Gasteiger partial charge in [0.2, 0.25) is 0 Å². The van der Waals surface area contributed by atoms with Crippen molar-refractivity contribution in [1.29, 1.82) is 0 Å². The number of nitrogens with zero attached hydrogens (tertiary/aromatic N) is 1. The lowest BCUT2D eigenvalue weighted by Gasteiger charge is -2.20. The first-order chi connectivity index (χ1) is 15.6. The summed E-state index contributed by atoms with van der Waals surface area (Å²) in [6.45, 7) is 6.94. The van der Waals surface area contributed by atoms with Gasteiger partial charge in [0.15, 0.2) is 0 Å². The van der Waals surface area contributed by atoms with Crippen LogP contribution < -0.4 is 16.3 Å². The molecule has 0 unspecified atom stereocenters. The lowest BCUT2D eigenvalue weighted by Crippen LogP contribution is -2.33. The molecule has 0 bridgehead atoms. The van der Waals surface area contributed by atoms with Crippen molar-refractivity contribution in [3.63, 3.8) is 0 Å². The summed E-state index contributed by atoms with van der Waals surface area (Å²) >= 11 is 0. The number of aryl methyl sites for hydroxylation is 1. The molecule has 0 spiro atoms. The number of carbonyl (C=O) groups is 2. The number of aromatic nitrogens is 1. The molecule has 9 nitrogen and oxygen atoms in total. The summed E-state index contributed by atoms with van der Waals surface area (Å²) in [5.74, 6) is -0.517. The van der Waals surface area contributed by atoms with Crippen LogP contribution in [0.1, 0.15) is 31.9 Å². The lowest BCUT2D eigenvalue weighted by atomic mass is 10.1. The monoisotopic (exact) mass is 453 g/mol. The molecule has 0 fully saturated rings. The first kappa shape index (κ1) is 23.8. The van der Waals surface area contributed by atoms with Gasteiger partial charge in [-0.15, -0.1) is 0 Å². The molecule has 0 aliphatic heterocycles. The Kier molecular flexibility index (Phi) is 7.01. The van der Waals surface area contributed by atoms with Gasteiger partial charge >= 0.3 is 17.7 Å². The maximum Gasteiger partial charge on any atom is 0.412 e. The van der Waals surface area contributed by atoms with E-state index in [4.69, 9.17) is 13.9 Å². The number of ether oxygens (including phenoxy) is 2. The van der Waals surface area contributed by atoms with Crippen LogP contribution in [-0.4, -0.2) is 35.8 Å². The predicted molar refractivity (Wildman–Crippen MR) is 124 cm³/mol. The third-order valence-corrected chi connectivity index (χ3v) is 4.76. The zero-order valence-corrected chi connectivity index (χ0v) is 19.2. The van der Waals surface area contributed by atoms with Gasteiger partial charge in [-0.05, 0) is 51.0 Å². The standard InChI is InChI=1S/C24H27N3O6/c1-14-16(27-23(30)33-24(2,3)4)11-12-17-19(14)21(29)32-22(25-17)26-18(20(28)31-5)13-15-9-7-6-8-10-15/h6-12,18H,13H2,1-5H3,(H,25,26)(H,27,30)/t18-/m0/s1. The molecule has 2 N–H and O–H groups in total. The smallest absolute Gasteiger partial charge is 0.412 e. The number of fused-ring (bicyclic) bond motifs is 1. The Morgan fingerprint density at radius 1 is 1.12 bits per heavy atom. The number of benzene rings is 2. The van der Waals surface area contributed by atoms with E-state index in [-0.39, 0.29) is 11.4 Å². The summed E-state index contributed by atoms with van der Waals surface area (Å²) in [6.07, 6.45) is -0.322. The zero-order chi connectivity index (χ0) is 24.2. The number of anilines is 2. The summed E-state index contributed by atoms with van der Waals surface area (Å²) in [5.41, 5.74) is 0.826. The van der Waals surface area contributed by atoms with Gasteiger partial charge in [0.1, 0.15) is 11.6 Å². The van der Waals surface area contributed by atoms with E-state index in [1.54, 1.807) is 39.8 Å². The first-order valence-corrected chi connectivity index (χ1v) is 10.4. The minimum absolute atomic E-state index is 0.105. The molecule has 1 aromatic heterocycles. The number of nitrogens with one attached hydrogen (secondary N) is 2. The average molecular weight is 453 g/mol. The van der Waals surface area contributed by atoms with Crippen molar-refractivity contribution in [2.75, 3.05) is 17.7 Å². The second-order valence-corrected chi connectivity index (χ2v) is 8.48. The fourth-order valence-electron chi connectivity index (χ4n) is 3.26. The van der Waals surface area contributed by atoms with E-state index < -0.39 is 29.3 Å².